The molecule has 0 spiro atoms. The molecule has 0 radical (unpaired) electrons. The Kier molecular flexibility index (Phi) is 3.93. The lowest BCUT2D eigenvalue weighted by molar-refractivity contribution is -0.146. The van der Waals surface area contributed by atoms with Gasteiger partial charge in [0, 0.05) is 0 Å². The van der Waals surface area contributed by atoms with Crippen LogP contribution in [0.15, 0.2) is 0 Å². The van der Waals surface area contributed by atoms with E-state index in [9.17, 15) is 9.59 Å². The highest BCUT2D eigenvalue weighted by atomic mass is 16.7. The zero-order valence-corrected chi connectivity index (χ0v) is 5.65. The topological polar surface area (TPSA) is 131 Å². The van der Waals surface area contributed by atoms with Gasteiger partial charge in [-0.15, -0.1) is 0 Å². The first-order valence-electron chi connectivity index (χ1n) is 2.67. The summed E-state index contributed by atoms with van der Waals surface area (Å²) in [6, 6.07) is 0. The van der Waals surface area contributed by atoms with E-state index in [1.807, 2.05) is 0 Å². The van der Waals surface area contributed by atoms with Crippen LogP contribution in [0.5, 0.6) is 0 Å². The number of carbonyl (C=O) groups excluding carboxylic acids is 2. The van der Waals surface area contributed by atoms with Gasteiger partial charge in [0.2, 0.25) is 0 Å². The highest BCUT2D eigenvalue weighted by molar-refractivity contribution is 5.70. The van der Waals surface area contributed by atoms with Crippen LogP contribution in [0.25, 0.3) is 0 Å². The van der Waals surface area contributed by atoms with Crippen molar-refractivity contribution in [1.29, 1.82) is 0 Å². The Morgan fingerprint density at radius 3 is 2.36 bits per heavy atom. The maximum absolute atomic E-state index is 10.3. The van der Waals surface area contributed by atoms with E-state index in [-0.39, 0.29) is 6.42 Å². The summed E-state index contributed by atoms with van der Waals surface area (Å²) in [7, 11) is 0. The average molecular weight is 163 g/mol. The van der Waals surface area contributed by atoms with E-state index in [1.54, 1.807) is 0 Å². The zero-order chi connectivity index (χ0) is 8.85. The minimum absolute atomic E-state index is 0.320. The summed E-state index contributed by atoms with van der Waals surface area (Å²) in [5.41, 5.74) is 9.66. The van der Waals surface area contributed by atoms with Crippen LogP contribution in [0.2, 0.25) is 0 Å². The number of amides is 1. The van der Waals surface area contributed by atoms with E-state index in [0.29, 0.717) is 0 Å². The van der Waals surface area contributed by atoms with Crippen molar-refractivity contribution in [2.24, 2.45) is 17.4 Å². The molecule has 1 atom stereocenters. The third kappa shape index (κ3) is 5.12. The van der Waals surface area contributed by atoms with E-state index in [4.69, 9.17) is 5.73 Å². The van der Waals surface area contributed by atoms with Gasteiger partial charge in [0.25, 0.3) is 0 Å². The number of hydrogen-bond donors (Lipinski definition) is 3. The lowest BCUT2D eigenvalue weighted by atomic mass is 10.4. The van der Waals surface area contributed by atoms with E-state index < -0.39 is 18.3 Å². The molecule has 0 unspecified atom stereocenters. The second kappa shape index (κ2) is 4.47. The molecule has 0 aromatic rings. The van der Waals surface area contributed by atoms with Crippen LogP contribution < -0.4 is 17.4 Å². The van der Waals surface area contributed by atoms with Crippen molar-refractivity contribution in [2.75, 3.05) is 0 Å². The van der Waals surface area contributed by atoms with Crippen molar-refractivity contribution in [3.05, 3.63) is 0 Å². The second-order valence-corrected chi connectivity index (χ2v) is 1.67. The molecule has 11 heavy (non-hydrogen) atoms. The van der Waals surface area contributed by atoms with Gasteiger partial charge in [0.1, 0.15) is 0 Å². The highest BCUT2D eigenvalue weighted by Gasteiger charge is 2.12. The number of nitrogens with two attached hydrogens (primary N) is 3. The molecule has 0 rings (SSSR count). The number of ether oxygens (including phenoxy) is 1. The Morgan fingerprint density at radius 2 is 2.00 bits per heavy atom. The summed E-state index contributed by atoms with van der Waals surface area (Å²) < 4.78 is 4.18. The Labute approximate surface area is 62.4 Å². The highest BCUT2D eigenvalue weighted by Crippen LogP contribution is 1.91. The normalized spacial score (nSPS) is 11.8. The van der Waals surface area contributed by atoms with Crippen LogP contribution in [0.3, 0.4) is 0 Å². The number of primary amides is 1. The van der Waals surface area contributed by atoms with Crippen molar-refractivity contribution in [3.8, 4) is 0 Å². The fourth-order valence-electron chi connectivity index (χ4n) is 0.403. The molecule has 0 aliphatic rings. The number of rotatable bonds is 3. The summed E-state index contributed by atoms with van der Waals surface area (Å²) in [4.78, 5) is 24.1. The van der Waals surface area contributed by atoms with Crippen molar-refractivity contribution in [2.45, 2.75) is 12.6 Å². The molecule has 6 N–H and O–H groups in total. The predicted molar refractivity (Wildman–Crippen MR) is 33.5 cm³/mol. The quantitative estimate of drug-likeness (QED) is 0.331. The van der Waals surface area contributed by atoms with Crippen molar-refractivity contribution >= 4 is 12.1 Å². The van der Waals surface area contributed by atoms with Gasteiger partial charge in [-0.3, -0.25) is 10.5 Å². The first-order chi connectivity index (χ1) is 5.06. The van der Waals surface area contributed by atoms with E-state index >= 15 is 0 Å². The second-order valence-electron chi connectivity index (χ2n) is 1.67. The molecule has 7 heteroatoms. The monoisotopic (exact) mass is 163 g/mol. The Balaban J connectivity index is 3.60. The number of carbonyl (C=O) groups is 2. The molecule has 0 aromatic heterocycles. The molecule has 1 amide bonds. The Bertz CT molecular complexity index is 159. The lowest BCUT2D eigenvalue weighted by Gasteiger charge is -2.08. The lowest BCUT2D eigenvalue weighted by Crippen LogP contribution is -2.33. The van der Waals surface area contributed by atoms with Crippen LogP contribution in [0.4, 0.5) is 4.79 Å². The third-order valence-electron chi connectivity index (χ3n) is 0.767. The Morgan fingerprint density at radius 1 is 1.45 bits per heavy atom. The summed E-state index contributed by atoms with van der Waals surface area (Å²) in [6.07, 6.45) is -2.48. The molecular weight excluding hydrogens is 154 g/mol. The molecule has 0 saturated heterocycles. The molecule has 0 saturated carbocycles. The van der Waals surface area contributed by atoms with Crippen LogP contribution in [-0.4, -0.2) is 18.3 Å². The average Bonchev–Trinajstić information content (AvgIpc) is 1.85. The van der Waals surface area contributed by atoms with Gasteiger partial charge in [-0.25, -0.2) is 4.79 Å². The standard InChI is InChI=1S/C4H9N3O4/c5-2(10-4(6)9)1-3(8)11-7/h2H,1,5,7H2,(H2,6,9)/t2-/m1/s1. The van der Waals surface area contributed by atoms with Gasteiger partial charge < -0.3 is 15.3 Å². The largest absolute Gasteiger partial charge is 0.430 e. The maximum atomic E-state index is 10.3. The molecule has 0 bridgehead atoms. The first-order valence-corrected chi connectivity index (χ1v) is 2.67. The van der Waals surface area contributed by atoms with Gasteiger partial charge in [0.15, 0.2) is 6.23 Å². The SMILES string of the molecule is NOC(=O)C[C@H](N)OC(N)=O. The van der Waals surface area contributed by atoms with Gasteiger partial charge in [-0.1, -0.05) is 0 Å². The van der Waals surface area contributed by atoms with Crippen molar-refractivity contribution in [1.82, 2.24) is 0 Å². The van der Waals surface area contributed by atoms with Crippen LogP contribution in [-0.2, 0) is 14.4 Å². The minimum atomic E-state index is -1.11. The fraction of sp³-hybridized carbons (Fsp3) is 0.500. The summed E-state index contributed by atoms with van der Waals surface area (Å²) in [5.74, 6) is 3.70. The predicted octanol–water partition coefficient (Wildman–Crippen LogP) is -1.83. The summed E-state index contributed by atoms with van der Waals surface area (Å²) in [5, 5.41) is 0. The van der Waals surface area contributed by atoms with E-state index in [0.717, 1.165) is 0 Å². The summed E-state index contributed by atoms with van der Waals surface area (Å²) >= 11 is 0. The molecule has 0 aliphatic carbocycles. The van der Waals surface area contributed by atoms with Crippen LogP contribution >= 0.6 is 0 Å². The maximum Gasteiger partial charge on any atom is 0.406 e. The minimum Gasteiger partial charge on any atom is -0.430 e. The summed E-state index contributed by atoms with van der Waals surface area (Å²) in [6.45, 7) is 0. The van der Waals surface area contributed by atoms with Crippen molar-refractivity contribution < 1.29 is 19.2 Å². The van der Waals surface area contributed by atoms with Crippen LogP contribution in [0, 0.1) is 0 Å². The smallest absolute Gasteiger partial charge is 0.406 e. The molecule has 0 fully saturated rings. The zero-order valence-electron chi connectivity index (χ0n) is 5.65. The molecule has 0 aromatic carbocycles. The van der Waals surface area contributed by atoms with Crippen molar-refractivity contribution in [3.63, 3.8) is 0 Å². The molecule has 64 valence electrons. The molecule has 7 nitrogen and oxygen atoms in total. The van der Waals surface area contributed by atoms with E-state index in [2.05, 4.69) is 21.2 Å². The Hall–Kier alpha value is -1.34. The molecular formula is C4H9N3O4. The van der Waals surface area contributed by atoms with Gasteiger partial charge in [-0.2, -0.15) is 5.90 Å². The molecule has 0 heterocycles. The first kappa shape index (κ1) is 9.66. The number of hydrogen-bond acceptors (Lipinski definition) is 6. The van der Waals surface area contributed by atoms with Gasteiger partial charge in [-0.05, 0) is 0 Å². The fourth-order valence-corrected chi connectivity index (χ4v) is 0.403. The van der Waals surface area contributed by atoms with E-state index in [1.165, 1.54) is 0 Å². The van der Waals surface area contributed by atoms with Gasteiger partial charge >= 0.3 is 12.1 Å². The van der Waals surface area contributed by atoms with Gasteiger partial charge in [0.05, 0.1) is 6.42 Å². The van der Waals surface area contributed by atoms with Crippen LogP contribution in [0.1, 0.15) is 6.42 Å². The molecule has 0 aliphatic heterocycles. The third-order valence-corrected chi connectivity index (χ3v) is 0.767.